The fourth-order valence-electron chi connectivity index (χ4n) is 4.55. The highest BCUT2D eigenvalue weighted by molar-refractivity contribution is 5.92. The molecule has 2 heterocycles. The SMILES string of the molecule is CCNC(=O)OC1CC[C@H](c2cc(NC(=O)Cc3ccc4c(cnn4C)c3)n(C(C)(C)C)n2)C1. The van der Waals surface area contributed by atoms with Gasteiger partial charge in [-0.25, -0.2) is 9.48 Å². The second-order valence-electron chi connectivity index (χ2n) is 9.99. The summed E-state index contributed by atoms with van der Waals surface area (Å²) in [6.07, 6.45) is 4.02. The van der Waals surface area contributed by atoms with Crippen LogP contribution in [0.4, 0.5) is 10.6 Å². The molecule has 0 saturated heterocycles. The van der Waals surface area contributed by atoms with Crippen molar-refractivity contribution < 1.29 is 14.3 Å². The Morgan fingerprint density at radius 3 is 2.74 bits per heavy atom. The van der Waals surface area contributed by atoms with Crippen molar-refractivity contribution in [1.29, 1.82) is 0 Å². The van der Waals surface area contributed by atoms with E-state index in [4.69, 9.17) is 9.84 Å². The molecule has 2 amide bonds. The van der Waals surface area contributed by atoms with Crippen molar-refractivity contribution in [2.24, 2.45) is 7.05 Å². The number of nitrogens with one attached hydrogen (secondary N) is 2. The van der Waals surface area contributed by atoms with Gasteiger partial charge in [-0.05, 0) is 64.7 Å². The number of carbonyl (C=O) groups is 2. The summed E-state index contributed by atoms with van der Waals surface area (Å²) < 4.78 is 9.20. The molecule has 1 aliphatic rings. The van der Waals surface area contributed by atoms with Gasteiger partial charge in [-0.15, -0.1) is 0 Å². The molecular weight excluding hydrogens is 432 g/mol. The molecule has 0 aliphatic heterocycles. The number of hydrogen-bond acceptors (Lipinski definition) is 5. The molecule has 1 aliphatic carbocycles. The number of carbonyl (C=O) groups excluding carboxylic acids is 2. The van der Waals surface area contributed by atoms with Crippen LogP contribution in [0.3, 0.4) is 0 Å². The Morgan fingerprint density at radius 2 is 2.00 bits per heavy atom. The van der Waals surface area contributed by atoms with E-state index in [0.717, 1.165) is 41.4 Å². The Bertz CT molecular complexity index is 1190. The minimum Gasteiger partial charge on any atom is -0.446 e. The highest BCUT2D eigenvalue weighted by Crippen LogP contribution is 2.37. The maximum Gasteiger partial charge on any atom is 0.407 e. The van der Waals surface area contributed by atoms with Crippen LogP contribution in [-0.4, -0.2) is 44.2 Å². The van der Waals surface area contributed by atoms with E-state index in [2.05, 4.69) is 36.5 Å². The first-order valence-electron chi connectivity index (χ1n) is 11.9. The number of aromatic nitrogens is 4. The molecule has 2 N–H and O–H groups in total. The summed E-state index contributed by atoms with van der Waals surface area (Å²) in [4.78, 5) is 24.7. The van der Waals surface area contributed by atoms with Gasteiger partial charge in [-0.1, -0.05) is 6.07 Å². The zero-order valence-electron chi connectivity index (χ0n) is 20.6. The number of alkyl carbamates (subject to hydrolysis) is 1. The Balaban J connectivity index is 1.46. The third-order valence-electron chi connectivity index (χ3n) is 6.20. The lowest BCUT2D eigenvalue weighted by atomic mass is 10.0. The molecule has 1 aromatic carbocycles. The molecule has 9 nitrogen and oxygen atoms in total. The zero-order valence-corrected chi connectivity index (χ0v) is 20.6. The van der Waals surface area contributed by atoms with Crippen molar-refractivity contribution in [3.63, 3.8) is 0 Å². The van der Waals surface area contributed by atoms with Gasteiger partial charge >= 0.3 is 6.09 Å². The highest BCUT2D eigenvalue weighted by Gasteiger charge is 2.32. The van der Waals surface area contributed by atoms with Gasteiger partial charge in [0.2, 0.25) is 5.91 Å². The number of ether oxygens (including phenoxy) is 1. The van der Waals surface area contributed by atoms with Gasteiger partial charge in [0, 0.05) is 31.0 Å². The molecule has 182 valence electrons. The van der Waals surface area contributed by atoms with Crippen LogP contribution < -0.4 is 10.6 Å². The van der Waals surface area contributed by atoms with Crippen LogP contribution in [0.25, 0.3) is 10.9 Å². The first-order valence-corrected chi connectivity index (χ1v) is 11.9. The first kappa shape index (κ1) is 23.8. The maximum absolute atomic E-state index is 12.9. The summed E-state index contributed by atoms with van der Waals surface area (Å²) in [6.45, 7) is 8.59. The number of hydrogen-bond donors (Lipinski definition) is 2. The molecule has 4 rings (SSSR count). The van der Waals surface area contributed by atoms with Crippen molar-refractivity contribution in [3.8, 4) is 0 Å². The van der Waals surface area contributed by atoms with Crippen LogP contribution in [0.2, 0.25) is 0 Å². The molecule has 1 unspecified atom stereocenters. The molecule has 34 heavy (non-hydrogen) atoms. The fraction of sp³-hybridized carbons (Fsp3) is 0.520. The average molecular weight is 467 g/mol. The van der Waals surface area contributed by atoms with Gasteiger partial charge in [0.15, 0.2) is 0 Å². The third-order valence-corrected chi connectivity index (χ3v) is 6.20. The summed E-state index contributed by atoms with van der Waals surface area (Å²) in [5, 5.41) is 15.9. The standard InChI is InChI=1S/C25H34N6O3/c1-6-26-24(33)34-19-9-8-17(13-19)20-14-22(31(29-20)25(2,3)4)28-23(32)12-16-7-10-21-18(11-16)15-27-30(21)5/h7,10-11,14-15,17,19H,6,8-9,12-13H2,1-5H3,(H,26,33)(H,28,32)/t17-,19?/m0/s1. The topological polar surface area (TPSA) is 103 Å². The fourth-order valence-corrected chi connectivity index (χ4v) is 4.55. The largest absolute Gasteiger partial charge is 0.446 e. The molecule has 3 aromatic rings. The van der Waals surface area contributed by atoms with Crippen LogP contribution in [0.1, 0.15) is 64.1 Å². The van der Waals surface area contributed by atoms with E-state index in [9.17, 15) is 9.59 Å². The van der Waals surface area contributed by atoms with Gasteiger partial charge in [-0.3, -0.25) is 9.48 Å². The lowest BCUT2D eigenvalue weighted by Gasteiger charge is -2.22. The smallest absolute Gasteiger partial charge is 0.407 e. The third kappa shape index (κ3) is 5.24. The predicted molar refractivity (Wildman–Crippen MR) is 131 cm³/mol. The first-order chi connectivity index (χ1) is 16.1. The van der Waals surface area contributed by atoms with Crippen molar-refractivity contribution >= 4 is 28.7 Å². The molecule has 2 aromatic heterocycles. The Hall–Kier alpha value is -3.36. The van der Waals surface area contributed by atoms with E-state index < -0.39 is 0 Å². The molecular formula is C25H34N6O3. The van der Waals surface area contributed by atoms with Gasteiger partial charge in [-0.2, -0.15) is 10.2 Å². The number of aryl methyl sites for hydroxylation is 1. The lowest BCUT2D eigenvalue weighted by molar-refractivity contribution is -0.115. The van der Waals surface area contributed by atoms with Gasteiger partial charge < -0.3 is 15.4 Å². The van der Waals surface area contributed by atoms with E-state index in [0.29, 0.717) is 12.4 Å². The quantitative estimate of drug-likeness (QED) is 0.570. The van der Waals surface area contributed by atoms with E-state index >= 15 is 0 Å². The monoisotopic (exact) mass is 466 g/mol. The van der Waals surface area contributed by atoms with Crippen molar-refractivity contribution in [2.75, 3.05) is 11.9 Å². The van der Waals surface area contributed by atoms with Crippen molar-refractivity contribution in [1.82, 2.24) is 24.9 Å². The van der Waals surface area contributed by atoms with E-state index in [1.165, 1.54) is 0 Å². The van der Waals surface area contributed by atoms with Crippen molar-refractivity contribution in [3.05, 3.63) is 41.7 Å². The molecule has 9 heteroatoms. The van der Waals surface area contributed by atoms with Crippen LogP contribution in [0, 0.1) is 0 Å². The van der Waals surface area contributed by atoms with E-state index in [1.807, 2.05) is 53.8 Å². The number of benzene rings is 1. The predicted octanol–water partition coefficient (Wildman–Crippen LogP) is 4.09. The van der Waals surface area contributed by atoms with Crippen molar-refractivity contribution in [2.45, 2.75) is 70.9 Å². The summed E-state index contributed by atoms with van der Waals surface area (Å²) in [6, 6.07) is 7.92. The second kappa shape index (κ2) is 9.48. The van der Waals surface area contributed by atoms with Gasteiger partial charge in [0.05, 0.1) is 29.4 Å². The minimum atomic E-state index is -0.370. The number of rotatable bonds is 6. The minimum absolute atomic E-state index is 0.0935. The van der Waals surface area contributed by atoms with Crippen LogP contribution in [0.5, 0.6) is 0 Å². The molecule has 0 radical (unpaired) electrons. The van der Waals surface area contributed by atoms with Gasteiger partial charge in [0.1, 0.15) is 11.9 Å². The lowest BCUT2D eigenvalue weighted by Crippen LogP contribution is -2.27. The Labute approximate surface area is 199 Å². The summed E-state index contributed by atoms with van der Waals surface area (Å²) in [5.41, 5.74) is 2.58. The van der Waals surface area contributed by atoms with E-state index in [-0.39, 0.29) is 36.0 Å². The second-order valence-corrected chi connectivity index (χ2v) is 9.99. The molecule has 0 bridgehead atoms. The zero-order chi connectivity index (χ0) is 24.5. The summed E-state index contributed by atoms with van der Waals surface area (Å²) in [7, 11) is 1.90. The van der Waals surface area contributed by atoms with Crippen LogP contribution >= 0.6 is 0 Å². The number of amides is 2. The Kier molecular flexibility index (Phi) is 6.63. The number of anilines is 1. The molecule has 1 saturated carbocycles. The summed E-state index contributed by atoms with van der Waals surface area (Å²) in [5.74, 6) is 0.777. The summed E-state index contributed by atoms with van der Waals surface area (Å²) >= 11 is 0. The Morgan fingerprint density at radius 1 is 1.21 bits per heavy atom. The normalized spacial score (nSPS) is 18.3. The molecule has 0 spiro atoms. The van der Waals surface area contributed by atoms with E-state index in [1.54, 1.807) is 0 Å². The average Bonchev–Trinajstić information content (AvgIpc) is 3.47. The molecule has 2 atom stereocenters. The highest BCUT2D eigenvalue weighted by atomic mass is 16.6. The van der Waals surface area contributed by atoms with Crippen LogP contribution in [-0.2, 0) is 28.5 Å². The number of fused-ring (bicyclic) bond motifs is 1. The van der Waals surface area contributed by atoms with Gasteiger partial charge in [0.25, 0.3) is 0 Å². The maximum atomic E-state index is 12.9. The van der Waals surface area contributed by atoms with Crippen LogP contribution in [0.15, 0.2) is 30.5 Å². The molecule has 1 fully saturated rings. The number of nitrogens with zero attached hydrogens (tertiary/aromatic N) is 4.